The Morgan fingerprint density at radius 3 is 2.23 bits per heavy atom. The van der Waals surface area contributed by atoms with Gasteiger partial charge in [0, 0.05) is 45.9 Å². The number of aromatic nitrogens is 2. The van der Waals surface area contributed by atoms with Crippen LogP contribution in [0.25, 0.3) is 11.3 Å². The van der Waals surface area contributed by atoms with Crippen LogP contribution in [-0.2, 0) is 16.6 Å². The number of hydrogen-bond donors (Lipinski definition) is 4. The average molecular weight is 642 g/mol. The first-order valence-electron chi connectivity index (χ1n) is 13.4. The minimum Gasteiger partial charge on any atom is -0.320 e. The quantitative estimate of drug-likeness (QED) is 0.103. The topological polar surface area (TPSA) is 161 Å². The summed E-state index contributed by atoms with van der Waals surface area (Å²) in [4.78, 5) is 12.8. The van der Waals surface area contributed by atoms with Crippen LogP contribution < -0.4 is 22.4 Å². The number of piperidine rings is 1. The van der Waals surface area contributed by atoms with Crippen molar-refractivity contribution in [3.63, 3.8) is 0 Å². The van der Waals surface area contributed by atoms with E-state index in [1.54, 1.807) is 65.0 Å². The summed E-state index contributed by atoms with van der Waals surface area (Å²) in [5.41, 5.74) is 5.96. The molecule has 0 radical (unpaired) electrons. The molecule has 14 heteroatoms. The van der Waals surface area contributed by atoms with Crippen molar-refractivity contribution in [2.75, 3.05) is 13.1 Å². The molecule has 3 aromatic carbocycles. The monoisotopic (exact) mass is 640 g/mol. The first kappa shape index (κ1) is 30.5. The maximum Gasteiger partial charge on any atom is 0.258 e. The van der Waals surface area contributed by atoms with Gasteiger partial charge in [0.1, 0.15) is 0 Å². The van der Waals surface area contributed by atoms with Crippen LogP contribution in [0.1, 0.15) is 40.4 Å². The Morgan fingerprint density at radius 2 is 1.63 bits per heavy atom. The summed E-state index contributed by atoms with van der Waals surface area (Å²) in [5.74, 6) is 10.0. The van der Waals surface area contributed by atoms with Crippen molar-refractivity contribution >= 4 is 45.1 Å². The number of hydrazine groups is 1. The predicted octanol–water partition coefficient (Wildman–Crippen LogP) is 3.90. The second kappa shape index (κ2) is 13.1. The molecule has 1 fully saturated rings. The van der Waals surface area contributed by atoms with E-state index in [1.165, 1.54) is 0 Å². The van der Waals surface area contributed by atoms with Crippen LogP contribution in [0.15, 0.2) is 88.9 Å². The minimum absolute atomic E-state index is 0.0634. The zero-order valence-electron chi connectivity index (χ0n) is 23.0. The highest BCUT2D eigenvalue weighted by Crippen LogP contribution is 2.34. The van der Waals surface area contributed by atoms with Crippen LogP contribution >= 0.6 is 23.2 Å². The number of benzene rings is 3. The second-order valence-corrected chi connectivity index (χ2v) is 12.8. The highest BCUT2D eigenvalue weighted by Gasteiger charge is 2.31. The van der Waals surface area contributed by atoms with Gasteiger partial charge in [-0.3, -0.25) is 20.2 Å². The molecule has 1 aliphatic heterocycles. The molecule has 0 spiro atoms. The van der Waals surface area contributed by atoms with Crippen molar-refractivity contribution in [3.8, 4) is 11.3 Å². The molecule has 1 aromatic heterocycles. The largest absolute Gasteiger partial charge is 0.320 e. The van der Waals surface area contributed by atoms with Crippen molar-refractivity contribution in [3.05, 3.63) is 106 Å². The lowest BCUT2D eigenvalue weighted by molar-refractivity contribution is 0.0975. The molecule has 0 saturated carbocycles. The Bertz CT molecular complexity index is 1720. The van der Waals surface area contributed by atoms with Gasteiger partial charge in [0.2, 0.25) is 16.0 Å². The summed E-state index contributed by atoms with van der Waals surface area (Å²) in [6.07, 6.45) is 1.26. The number of amides is 1. The standard InChI is InChI=1S/C29H30Cl2N8O3S/c30-23-14-22(15-24(31)16-23)26-17-27(20-10-12-38(13-11-20)43(41,42)25-4-2-1-3-5-25)39(37-26)18-19-6-8-21(9-7-19)28(40)34-29(35-32)36-33/h1-9,14-17,20H,10-13,18,32-33H2,(H2,34,35,36,40). The van der Waals surface area contributed by atoms with E-state index >= 15 is 0 Å². The third-order valence-corrected chi connectivity index (χ3v) is 9.62. The first-order chi connectivity index (χ1) is 20.7. The highest BCUT2D eigenvalue weighted by atomic mass is 35.5. The molecule has 224 valence electrons. The third kappa shape index (κ3) is 7.00. The van der Waals surface area contributed by atoms with E-state index in [0.29, 0.717) is 58.7 Å². The van der Waals surface area contributed by atoms with Crippen molar-refractivity contribution in [2.24, 2.45) is 16.8 Å². The maximum absolute atomic E-state index is 13.2. The van der Waals surface area contributed by atoms with Gasteiger partial charge >= 0.3 is 0 Å². The van der Waals surface area contributed by atoms with Crippen LogP contribution in [0, 0.1) is 0 Å². The second-order valence-electron chi connectivity index (χ2n) is 10.0. The van der Waals surface area contributed by atoms with Crippen LogP contribution in [-0.4, -0.2) is 47.5 Å². The van der Waals surface area contributed by atoms with Crippen molar-refractivity contribution in [2.45, 2.75) is 30.2 Å². The van der Waals surface area contributed by atoms with E-state index < -0.39 is 15.9 Å². The molecule has 0 aliphatic carbocycles. The number of carbonyl (C=O) groups excluding carboxylic acids is 1. The van der Waals surface area contributed by atoms with Gasteiger partial charge in [0.25, 0.3) is 5.91 Å². The van der Waals surface area contributed by atoms with E-state index in [-0.39, 0.29) is 11.9 Å². The Balaban J connectivity index is 1.39. The van der Waals surface area contributed by atoms with E-state index in [4.69, 9.17) is 40.0 Å². The van der Waals surface area contributed by atoms with Crippen molar-refractivity contribution < 1.29 is 13.2 Å². The molecule has 6 N–H and O–H groups in total. The number of hydrogen-bond acceptors (Lipinski definition) is 7. The number of nitrogens with one attached hydrogen (secondary N) is 2. The van der Waals surface area contributed by atoms with Gasteiger partial charge in [-0.2, -0.15) is 9.40 Å². The summed E-state index contributed by atoms with van der Waals surface area (Å²) in [6, 6.07) is 22.8. The van der Waals surface area contributed by atoms with E-state index in [9.17, 15) is 13.2 Å². The summed E-state index contributed by atoms with van der Waals surface area (Å²) in [6.45, 7) is 1.20. The van der Waals surface area contributed by atoms with Gasteiger partial charge in [0.15, 0.2) is 0 Å². The Hall–Kier alpha value is -3.94. The predicted molar refractivity (Wildman–Crippen MR) is 167 cm³/mol. The Kier molecular flexibility index (Phi) is 9.33. The van der Waals surface area contributed by atoms with Gasteiger partial charge in [0.05, 0.1) is 17.1 Å². The normalized spacial score (nSPS) is 14.9. The van der Waals surface area contributed by atoms with Crippen LogP contribution in [0.3, 0.4) is 0 Å². The highest BCUT2D eigenvalue weighted by molar-refractivity contribution is 7.89. The molecule has 11 nitrogen and oxygen atoms in total. The van der Waals surface area contributed by atoms with Gasteiger partial charge < -0.3 is 5.84 Å². The lowest BCUT2D eigenvalue weighted by atomic mass is 9.93. The number of hydrazone groups is 1. The fourth-order valence-corrected chi connectivity index (χ4v) is 7.10. The Labute approximate surface area is 259 Å². The molecule has 2 heterocycles. The summed E-state index contributed by atoms with van der Waals surface area (Å²) in [7, 11) is -3.57. The summed E-state index contributed by atoms with van der Waals surface area (Å²) in [5, 5.41) is 11.7. The SMILES string of the molecule is N/N=C(\NN)NC(=O)c1ccc(Cn2nc(-c3cc(Cl)cc(Cl)c3)cc2C2CCN(S(=O)(=O)c3ccccc3)CC2)cc1. The first-order valence-corrected chi connectivity index (χ1v) is 15.6. The van der Waals surface area contributed by atoms with E-state index in [0.717, 1.165) is 16.8 Å². The zero-order chi connectivity index (χ0) is 30.6. The number of nitrogens with two attached hydrogens (primary N) is 2. The summed E-state index contributed by atoms with van der Waals surface area (Å²) < 4.78 is 29.8. The third-order valence-electron chi connectivity index (χ3n) is 7.27. The fourth-order valence-electron chi connectivity index (χ4n) is 5.08. The van der Waals surface area contributed by atoms with Gasteiger partial charge in [-0.25, -0.2) is 14.3 Å². The number of nitrogens with zero attached hydrogens (tertiary/aromatic N) is 4. The smallest absolute Gasteiger partial charge is 0.258 e. The number of guanidine groups is 1. The van der Waals surface area contributed by atoms with Crippen molar-refractivity contribution in [1.82, 2.24) is 24.8 Å². The molecule has 0 unspecified atom stereocenters. The van der Waals surface area contributed by atoms with Gasteiger partial charge in [-0.05, 0) is 66.9 Å². The average Bonchev–Trinajstić information content (AvgIpc) is 3.44. The molecule has 1 saturated heterocycles. The molecule has 1 amide bonds. The molecule has 1 aliphatic rings. The summed E-state index contributed by atoms with van der Waals surface area (Å²) >= 11 is 12.6. The van der Waals surface area contributed by atoms with Crippen LogP contribution in [0.2, 0.25) is 10.0 Å². The van der Waals surface area contributed by atoms with E-state index in [1.807, 2.05) is 22.9 Å². The Morgan fingerprint density at radius 1 is 0.977 bits per heavy atom. The molecule has 5 rings (SSSR count). The molecule has 0 bridgehead atoms. The van der Waals surface area contributed by atoms with Gasteiger partial charge in [-0.1, -0.05) is 53.5 Å². The number of carbonyl (C=O) groups is 1. The molecule has 43 heavy (non-hydrogen) atoms. The lowest BCUT2D eigenvalue weighted by Crippen LogP contribution is -2.45. The minimum atomic E-state index is -3.57. The fraction of sp³-hybridized carbons (Fsp3) is 0.207. The molecule has 4 aromatic rings. The van der Waals surface area contributed by atoms with Crippen LogP contribution in [0.5, 0.6) is 0 Å². The maximum atomic E-state index is 13.2. The lowest BCUT2D eigenvalue weighted by Gasteiger charge is -2.31. The zero-order valence-corrected chi connectivity index (χ0v) is 25.3. The number of rotatable bonds is 7. The number of halogens is 2. The van der Waals surface area contributed by atoms with Crippen molar-refractivity contribution in [1.29, 1.82) is 0 Å². The molecular weight excluding hydrogens is 611 g/mol. The number of sulfonamides is 1. The van der Waals surface area contributed by atoms with Crippen LogP contribution in [0.4, 0.5) is 0 Å². The molecular formula is C29H30Cl2N8O3S. The molecule has 0 atom stereocenters. The van der Waals surface area contributed by atoms with Gasteiger partial charge in [-0.15, -0.1) is 5.10 Å². The van der Waals surface area contributed by atoms with E-state index in [2.05, 4.69) is 15.8 Å².